The molecule has 0 spiro atoms. The molecule has 1 aromatic carbocycles. The van der Waals surface area contributed by atoms with E-state index in [4.69, 9.17) is 23.2 Å². The summed E-state index contributed by atoms with van der Waals surface area (Å²) >= 11 is 12.3. The molecule has 0 radical (unpaired) electrons. The first kappa shape index (κ1) is 16.0. The van der Waals surface area contributed by atoms with Gasteiger partial charge in [0.1, 0.15) is 4.90 Å². The van der Waals surface area contributed by atoms with E-state index in [1.807, 2.05) is 7.05 Å². The third kappa shape index (κ3) is 2.83. The Kier molecular flexibility index (Phi) is 4.66. The number of likely N-dealkylation sites (N-methyl/N-ethyl adjacent to an activating group) is 1. The third-order valence-corrected chi connectivity index (χ3v) is 6.71. The Labute approximate surface area is 130 Å². The molecular formula is C13H18Cl2N2O2S. The molecule has 112 valence electrons. The van der Waals surface area contributed by atoms with Gasteiger partial charge < -0.3 is 4.90 Å². The van der Waals surface area contributed by atoms with Crippen molar-refractivity contribution in [3.63, 3.8) is 0 Å². The third-order valence-electron chi connectivity index (χ3n) is 3.65. The molecular weight excluding hydrogens is 319 g/mol. The highest BCUT2D eigenvalue weighted by Crippen LogP contribution is 2.35. The highest BCUT2D eigenvalue weighted by atomic mass is 35.5. The number of benzene rings is 1. The van der Waals surface area contributed by atoms with Gasteiger partial charge in [0, 0.05) is 31.2 Å². The van der Waals surface area contributed by atoms with Crippen molar-refractivity contribution in [2.45, 2.75) is 18.7 Å². The molecule has 1 aliphatic heterocycles. The van der Waals surface area contributed by atoms with Crippen LogP contribution in [0, 0.1) is 13.8 Å². The van der Waals surface area contributed by atoms with Gasteiger partial charge in [-0.2, -0.15) is 4.31 Å². The molecule has 0 bridgehead atoms. The average molecular weight is 337 g/mol. The van der Waals surface area contributed by atoms with Gasteiger partial charge in [-0.1, -0.05) is 23.2 Å². The first-order valence-corrected chi connectivity index (χ1v) is 8.58. The molecule has 1 saturated heterocycles. The van der Waals surface area contributed by atoms with Crippen LogP contribution >= 0.6 is 23.2 Å². The van der Waals surface area contributed by atoms with Crippen LogP contribution in [0.5, 0.6) is 0 Å². The lowest BCUT2D eigenvalue weighted by atomic mass is 10.2. The minimum Gasteiger partial charge on any atom is -0.304 e. The predicted octanol–water partition coefficient (Wildman–Crippen LogP) is 2.55. The second-order valence-corrected chi connectivity index (χ2v) is 7.81. The first-order valence-electron chi connectivity index (χ1n) is 6.39. The Morgan fingerprint density at radius 2 is 1.65 bits per heavy atom. The van der Waals surface area contributed by atoms with Crippen LogP contribution in [-0.4, -0.2) is 50.8 Å². The summed E-state index contributed by atoms with van der Waals surface area (Å²) in [7, 11) is -1.62. The van der Waals surface area contributed by atoms with Crippen molar-refractivity contribution >= 4 is 33.2 Å². The minimum atomic E-state index is -3.60. The van der Waals surface area contributed by atoms with Crippen molar-refractivity contribution < 1.29 is 8.42 Å². The van der Waals surface area contributed by atoms with E-state index in [1.165, 1.54) is 4.31 Å². The molecule has 2 rings (SSSR count). The van der Waals surface area contributed by atoms with Crippen LogP contribution in [0.2, 0.25) is 10.0 Å². The molecule has 0 atom stereocenters. The summed E-state index contributed by atoms with van der Waals surface area (Å²) in [6.45, 7) is 5.83. The number of sulfonamides is 1. The summed E-state index contributed by atoms with van der Waals surface area (Å²) in [5.74, 6) is 0. The van der Waals surface area contributed by atoms with Gasteiger partial charge in [-0.05, 0) is 38.1 Å². The summed E-state index contributed by atoms with van der Waals surface area (Å²) < 4.78 is 27.1. The van der Waals surface area contributed by atoms with Crippen molar-refractivity contribution in [3.8, 4) is 0 Å². The molecule has 7 heteroatoms. The smallest absolute Gasteiger partial charge is 0.244 e. The molecule has 0 amide bonds. The maximum absolute atomic E-state index is 12.8. The Hall–Kier alpha value is -0.330. The van der Waals surface area contributed by atoms with Gasteiger partial charge >= 0.3 is 0 Å². The second-order valence-electron chi connectivity index (χ2n) is 5.15. The summed E-state index contributed by atoms with van der Waals surface area (Å²) in [6.07, 6.45) is 0. The lowest BCUT2D eigenvalue weighted by Gasteiger charge is -2.32. The maximum atomic E-state index is 12.8. The van der Waals surface area contributed by atoms with E-state index in [0.29, 0.717) is 29.2 Å². The fourth-order valence-electron chi connectivity index (χ4n) is 2.28. The van der Waals surface area contributed by atoms with E-state index < -0.39 is 10.0 Å². The molecule has 0 N–H and O–H groups in total. The zero-order valence-electron chi connectivity index (χ0n) is 11.8. The lowest BCUT2D eigenvalue weighted by Crippen LogP contribution is -2.47. The zero-order valence-corrected chi connectivity index (χ0v) is 14.1. The molecule has 0 aromatic heterocycles. The van der Waals surface area contributed by atoms with Gasteiger partial charge in [-0.15, -0.1) is 0 Å². The van der Waals surface area contributed by atoms with E-state index in [-0.39, 0.29) is 9.92 Å². The van der Waals surface area contributed by atoms with Gasteiger partial charge in [0.2, 0.25) is 10.0 Å². The number of aryl methyl sites for hydroxylation is 1. The van der Waals surface area contributed by atoms with Crippen LogP contribution < -0.4 is 0 Å². The summed E-state index contributed by atoms with van der Waals surface area (Å²) in [5.41, 5.74) is 1.19. The highest BCUT2D eigenvalue weighted by molar-refractivity contribution is 7.89. The van der Waals surface area contributed by atoms with Crippen LogP contribution in [0.3, 0.4) is 0 Å². The van der Waals surface area contributed by atoms with E-state index in [9.17, 15) is 8.42 Å². The fraction of sp³-hybridized carbons (Fsp3) is 0.538. The van der Waals surface area contributed by atoms with Crippen LogP contribution in [0.1, 0.15) is 11.1 Å². The molecule has 0 saturated carbocycles. The molecule has 1 aromatic rings. The standard InChI is InChI=1S/C13H18Cl2N2O2S/c1-9-8-11(14)10(2)13(12(9)15)20(18,19)17-6-4-16(3)5-7-17/h8H,4-7H2,1-3H3. The predicted molar refractivity (Wildman–Crippen MR) is 82.2 cm³/mol. The monoisotopic (exact) mass is 336 g/mol. The van der Waals surface area contributed by atoms with E-state index in [0.717, 1.165) is 13.1 Å². The Morgan fingerprint density at radius 3 is 2.20 bits per heavy atom. The number of piperazine rings is 1. The normalized spacial score (nSPS) is 18.4. The SMILES string of the molecule is Cc1cc(Cl)c(C)c(S(=O)(=O)N2CCN(C)CC2)c1Cl. The van der Waals surface area contributed by atoms with Crippen molar-refractivity contribution in [2.24, 2.45) is 0 Å². The number of halogens is 2. The fourth-order valence-corrected chi connectivity index (χ4v) is 4.87. The van der Waals surface area contributed by atoms with Crippen LogP contribution in [0.15, 0.2) is 11.0 Å². The Bertz CT molecular complexity index is 597. The molecule has 0 aliphatic carbocycles. The molecule has 1 fully saturated rings. The zero-order chi connectivity index (χ0) is 15.1. The van der Waals surface area contributed by atoms with Crippen molar-refractivity contribution in [3.05, 3.63) is 27.2 Å². The largest absolute Gasteiger partial charge is 0.304 e. The first-order chi connectivity index (χ1) is 9.25. The number of hydrogen-bond donors (Lipinski definition) is 0. The average Bonchev–Trinajstić information content (AvgIpc) is 2.37. The molecule has 20 heavy (non-hydrogen) atoms. The summed E-state index contributed by atoms with van der Waals surface area (Å²) in [4.78, 5) is 2.25. The van der Waals surface area contributed by atoms with Gasteiger partial charge in [0.15, 0.2) is 0 Å². The number of rotatable bonds is 2. The molecule has 4 nitrogen and oxygen atoms in total. The second kappa shape index (κ2) is 5.81. The molecule has 0 unspecified atom stereocenters. The van der Waals surface area contributed by atoms with Crippen molar-refractivity contribution in [1.29, 1.82) is 0 Å². The van der Waals surface area contributed by atoms with Gasteiger partial charge in [0.25, 0.3) is 0 Å². The van der Waals surface area contributed by atoms with E-state index in [2.05, 4.69) is 4.90 Å². The number of nitrogens with zero attached hydrogens (tertiary/aromatic N) is 2. The topological polar surface area (TPSA) is 40.6 Å². The van der Waals surface area contributed by atoms with Crippen LogP contribution in [0.4, 0.5) is 0 Å². The minimum absolute atomic E-state index is 0.147. The molecule has 1 aliphatic rings. The van der Waals surface area contributed by atoms with Gasteiger partial charge in [0.05, 0.1) is 5.02 Å². The van der Waals surface area contributed by atoms with Crippen molar-refractivity contribution in [2.75, 3.05) is 33.2 Å². The number of hydrogen-bond acceptors (Lipinski definition) is 3. The maximum Gasteiger partial charge on any atom is 0.244 e. The molecule has 1 heterocycles. The Morgan fingerprint density at radius 1 is 1.10 bits per heavy atom. The lowest BCUT2D eigenvalue weighted by molar-refractivity contribution is 0.222. The van der Waals surface area contributed by atoms with Crippen LogP contribution in [-0.2, 0) is 10.0 Å². The summed E-state index contributed by atoms with van der Waals surface area (Å²) in [5, 5.41) is 0.699. The summed E-state index contributed by atoms with van der Waals surface area (Å²) in [6, 6.07) is 1.70. The van der Waals surface area contributed by atoms with Crippen molar-refractivity contribution in [1.82, 2.24) is 9.21 Å². The van der Waals surface area contributed by atoms with Gasteiger partial charge in [-0.25, -0.2) is 8.42 Å². The quantitative estimate of drug-likeness (QED) is 0.833. The van der Waals surface area contributed by atoms with Crippen LogP contribution in [0.25, 0.3) is 0 Å². The van der Waals surface area contributed by atoms with E-state index in [1.54, 1.807) is 19.9 Å². The Balaban J connectivity index is 2.50. The highest BCUT2D eigenvalue weighted by Gasteiger charge is 2.31. The van der Waals surface area contributed by atoms with E-state index >= 15 is 0 Å². The van der Waals surface area contributed by atoms with Gasteiger partial charge in [-0.3, -0.25) is 0 Å².